The number of aliphatic imine (C=N–C) groups is 1. The van der Waals surface area contributed by atoms with Crippen LogP contribution in [-0.2, 0) is 5.54 Å². The highest BCUT2D eigenvalue weighted by Gasteiger charge is 2.42. The summed E-state index contributed by atoms with van der Waals surface area (Å²) in [5, 5.41) is 3.33. The summed E-state index contributed by atoms with van der Waals surface area (Å²) in [5.41, 5.74) is 1.99. The van der Waals surface area contributed by atoms with Crippen molar-refractivity contribution in [2.75, 3.05) is 5.75 Å². The van der Waals surface area contributed by atoms with Crippen LogP contribution in [0.25, 0.3) is 0 Å². The molecule has 1 aromatic carbocycles. The number of rotatable bonds is 2. The monoisotopic (exact) mass is 333 g/mol. The van der Waals surface area contributed by atoms with Gasteiger partial charge in [-0.25, -0.2) is 4.39 Å². The van der Waals surface area contributed by atoms with Crippen LogP contribution in [-0.4, -0.2) is 10.8 Å². The third-order valence-electron chi connectivity index (χ3n) is 3.81. The fourth-order valence-electron chi connectivity index (χ4n) is 2.59. The van der Waals surface area contributed by atoms with Crippen LogP contribution in [0.15, 0.2) is 40.7 Å². The van der Waals surface area contributed by atoms with Crippen molar-refractivity contribution in [1.29, 1.82) is 0 Å². The molecule has 0 spiro atoms. The minimum absolute atomic E-state index is 0.0404. The molecule has 1 aliphatic heterocycles. The fraction of sp³-hybridized carbons (Fsp3) is 0.389. The van der Waals surface area contributed by atoms with Crippen LogP contribution in [0.4, 0.5) is 4.39 Å². The first-order chi connectivity index (χ1) is 10.3. The molecule has 0 N–H and O–H groups in total. The van der Waals surface area contributed by atoms with Crippen molar-refractivity contribution in [1.82, 2.24) is 0 Å². The highest BCUT2D eigenvalue weighted by atomic mass is 32.2. The standard InChI is InChI=1S/C18H20FNS2/c1-12-9-15(21-10-12)18(13-5-7-14(19)8-6-13)11-22-16(20-18)17(2,3)4/h5-10H,11H2,1-4H3. The fourth-order valence-corrected chi connectivity index (χ4v) is 5.13. The molecule has 0 aliphatic carbocycles. The largest absolute Gasteiger partial charge is 0.264 e. The van der Waals surface area contributed by atoms with E-state index >= 15 is 0 Å². The van der Waals surface area contributed by atoms with Gasteiger partial charge < -0.3 is 0 Å². The van der Waals surface area contributed by atoms with Crippen LogP contribution < -0.4 is 0 Å². The van der Waals surface area contributed by atoms with E-state index in [-0.39, 0.29) is 16.8 Å². The summed E-state index contributed by atoms with van der Waals surface area (Å²) in [6, 6.07) is 9.03. The highest BCUT2D eigenvalue weighted by molar-refractivity contribution is 8.14. The molecule has 1 unspecified atom stereocenters. The van der Waals surface area contributed by atoms with Crippen molar-refractivity contribution in [2.45, 2.75) is 33.2 Å². The third kappa shape index (κ3) is 2.74. The number of benzene rings is 1. The molecule has 116 valence electrons. The second-order valence-corrected chi connectivity index (χ2v) is 8.69. The predicted octanol–water partition coefficient (Wildman–Crippen LogP) is 5.63. The van der Waals surface area contributed by atoms with Crippen LogP contribution in [0.2, 0.25) is 0 Å². The zero-order valence-corrected chi connectivity index (χ0v) is 14.9. The maximum atomic E-state index is 13.3. The maximum absolute atomic E-state index is 13.3. The number of thiophene rings is 1. The van der Waals surface area contributed by atoms with Crippen LogP contribution >= 0.6 is 23.1 Å². The molecule has 2 aromatic rings. The van der Waals surface area contributed by atoms with Gasteiger partial charge >= 0.3 is 0 Å². The Morgan fingerprint density at radius 1 is 1.18 bits per heavy atom. The second-order valence-electron chi connectivity index (χ2n) is 6.81. The van der Waals surface area contributed by atoms with Gasteiger partial charge in [0, 0.05) is 16.0 Å². The molecule has 22 heavy (non-hydrogen) atoms. The van der Waals surface area contributed by atoms with Gasteiger partial charge in [0.15, 0.2) is 0 Å². The zero-order chi connectivity index (χ0) is 16.0. The number of hydrogen-bond donors (Lipinski definition) is 0. The smallest absolute Gasteiger partial charge is 0.130 e. The van der Waals surface area contributed by atoms with Crippen molar-refractivity contribution in [3.05, 3.63) is 57.5 Å². The molecule has 0 saturated heterocycles. The lowest BCUT2D eigenvalue weighted by molar-refractivity contribution is 0.577. The van der Waals surface area contributed by atoms with E-state index in [0.29, 0.717) is 0 Å². The molecule has 0 bridgehead atoms. The first-order valence-corrected chi connectivity index (χ1v) is 9.23. The van der Waals surface area contributed by atoms with E-state index in [0.717, 1.165) is 11.3 Å². The summed E-state index contributed by atoms with van der Waals surface area (Å²) in [5.74, 6) is 0.678. The third-order valence-corrected chi connectivity index (χ3v) is 6.55. The quantitative estimate of drug-likeness (QED) is 0.693. The lowest BCUT2D eigenvalue weighted by atomic mass is 9.89. The molecule has 0 radical (unpaired) electrons. The van der Waals surface area contributed by atoms with E-state index in [4.69, 9.17) is 4.99 Å². The normalized spacial score (nSPS) is 22.0. The van der Waals surface area contributed by atoms with Crippen molar-refractivity contribution in [3.63, 3.8) is 0 Å². The van der Waals surface area contributed by atoms with E-state index < -0.39 is 0 Å². The van der Waals surface area contributed by atoms with Gasteiger partial charge in [0.2, 0.25) is 0 Å². The predicted molar refractivity (Wildman–Crippen MR) is 95.6 cm³/mol. The lowest BCUT2D eigenvalue weighted by Gasteiger charge is -2.25. The molecule has 1 aromatic heterocycles. The van der Waals surface area contributed by atoms with Gasteiger partial charge in [-0.15, -0.1) is 23.1 Å². The highest BCUT2D eigenvalue weighted by Crippen LogP contribution is 2.47. The van der Waals surface area contributed by atoms with Gasteiger partial charge in [0.25, 0.3) is 0 Å². The lowest BCUT2D eigenvalue weighted by Crippen LogP contribution is -2.25. The SMILES string of the molecule is Cc1csc(C2(c3ccc(F)cc3)CSC(C(C)(C)C)=N2)c1. The van der Waals surface area contributed by atoms with Gasteiger partial charge in [0.05, 0.1) is 5.04 Å². The molecule has 2 heterocycles. The van der Waals surface area contributed by atoms with Crippen LogP contribution in [0.5, 0.6) is 0 Å². The topological polar surface area (TPSA) is 12.4 Å². The van der Waals surface area contributed by atoms with Crippen molar-refractivity contribution in [3.8, 4) is 0 Å². The summed E-state index contributed by atoms with van der Waals surface area (Å²) in [7, 11) is 0. The Kier molecular flexibility index (Phi) is 3.94. The van der Waals surface area contributed by atoms with Gasteiger partial charge in [-0.2, -0.15) is 0 Å². The molecule has 0 amide bonds. The molecule has 4 heteroatoms. The van der Waals surface area contributed by atoms with E-state index in [1.54, 1.807) is 11.3 Å². The molecule has 0 fully saturated rings. The Hall–Kier alpha value is -1.13. The van der Waals surface area contributed by atoms with Crippen LogP contribution in [0.3, 0.4) is 0 Å². The number of aryl methyl sites for hydroxylation is 1. The number of nitrogens with zero attached hydrogens (tertiary/aromatic N) is 1. The molecular weight excluding hydrogens is 313 g/mol. The Morgan fingerprint density at radius 2 is 1.86 bits per heavy atom. The van der Waals surface area contributed by atoms with Gasteiger partial charge in [-0.05, 0) is 41.6 Å². The molecule has 1 aliphatic rings. The Labute approximate surface area is 139 Å². The average molecular weight is 333 g/mol. The van der Waals surface area contributed by atoms with Gasteiger partial charge in [-0.3, -0.25) is 4.99 Å². The number of hydrogen-bond acceptors (Lipinski definition) is 3. The maximum Gasteiger partial charge on any atom is 0.130 e. The summed E-state index contributed by atoms with van der Waals surface area (Å²) in [6.07, 6.45) is 0. The Morgan fingerprint density at radius 3 is 2.36 bits per heavy atom. The van der Waals surface area contributed by atoms with Crippen molar-refractivity contribution < 1.29 is 4.39 Å². The first-order valence-electron chi connectivity index (χ1n) is 7.36. The molecule has 3 rings (SSSR count). The minimum atomic E-state index is -0.375. The minimum Gasteiger partial charge on any atom is -0.264 e. The molecular formula is C18H20FNS2. The zero-order valence-electron chi connectivity index (χ0n) is 13.3. The Bertz CT molecular complexity index is 709. The van der Waals surface area contributed by atoms with E-state index in [2.05, 4.69) is 39.1 Å². The Balaban J connectivity index is 2.16. The second kappa shape index (κ2) is 5.50. The summed E-state index contributed by atoms with van der Waals surface area (Å²) < 4.78 is 13.3. The van der Waals surface area contributed by atoms with E-state index in [1.807, 2.05) is 23.9 Å². The summed E-state index contributed by atoms with van der Waals surface area (Å²) in [6.45, 7) is 8.69. The van der Waals surface area contributed by atoms with Crippen LogP contribution in [0.1, 0.15) is 36.8 Å². The molecule has 1 nitrogen and oxygen atoms in total. The summed E-state index contributed by atoms with van der Waals surface area (Å²) >= 11 is 3.57. The summed E-state index contributed by atoms with van der Waals surface area (Å²) in [4.78, 5) is 6.38. The van der Waals surface area contributed by atoms with Crippen LogP contribution in [0, 0.1) is 18.2 Å². The van der Waals surface area contributed by atoms with E-state index in [9.17, 15) is 4.39 Å². The molecule has 0 saturated carbocycles. The average Bonchev–Trinajstić information content (AvgIpc) is 3.06. The number of halogens is 1. The van der Waals surface area contributed by atoms with E-state index in [1.165, 1.54) is 27.6 Å². The van der Waals surface area contributed by atoms with Gasteiger partial charge in [0.1, 0.15) is 11.4 Å². The van der Waals surface area contributed by atoms with Crippen molar-refractivity contribution >= 4 is 28.1 Å². The van der Waals surface area contributed by atoms with Crippen molar-refractivity contribution in [2.24, 2.45) is 10.4 Å². The number of thioether (sulfide) groups is 1. The van der Waals surface area contributed by atoms with Gasteiger partial charge in [-0.1, -0.05) is 32.9 Å². The molecule has 1 atom stereocenters. The first kappa shape index (κ1) is 15.8.